The van der Waals surface area contributed by atoms with Crippen LogP contribution >= 0.6 is 0 Å². The normalized spacial score (nSPS) is 14.2. The molecule has 0 radical (unpaired) electrons. The van der Waals surface area contributed by atoms with E-state index in [1.807, 2.05) is 6.20 Å². The van der Waals surface area contributed by atoms with E-state index in [2.05, 4.69) is 31.3 Å². The molecule has 0 aliphatic heterocycles. The highest BCUT2D eigenvalue weighted by atomic mass is 19.4. The zero-order valence-corrected chi connectivity index (χ0v) is 14.7. The van der Waals surface area contributed by atoms with Gasteiger partial charge in [0, 0.05) is 23.3 Å². The molecule has 3 N–H and O–H groups in total. The molecule has 1 aliphatic carbocycles. The smallest absolute Gasteiger partial charge is 0.360 e. The van der Waals surface area contributed by atoms with Gasteiger partial charge in [-0.1, -0.05) is 0 Å². The Kier molecular flexibility index (Phi) is 4.62. The molecule has 3 aromatic heterocycles. The number of rotatable bonds is 6. The van der Waals surface area contributed by atoms with Crippen molar-refractivity contribution in [3.8, 4) is 11.3 Å². The summed E-state index contributed by atoms with van der Waals surface area (Å²) in [5.74, 6) is 0.0733. The quantitative estimate of drug-likeness (QED) is 0.601. The van der Waals surface area contributed by atoms with Crippen LogP contribution < -0.4 is 10.6 Å². The topological polar surface area (TPSA) is 95.6 Å². The summed E-state index contributed by atoms with van der Waals surface area (Å²) in [6.07, 6.45) is 4.55. The van der Waals surface area contributed by atoms with E-state index in [0.717, 1.165) is 16.6 Å². The van der Waals surface area contributed by atoms with Gasteiger partial charge >= 0.3 is 6.18 Å². The predicted molar refractivity (Wildman–Crippen MR) is 96.6 cm³/mol. The third-order valence-corrected chi connectivity index (χ3v) is 4.43. The first-order chi connectivity index (χ1) is 13.4. The van der Waals surface area contributed by atoms with Gasteiger partial charge in [0.05, 0.1) is 24.6 Å². The lowest BCUT2D eigenvalue weighted by Crippen LogP contribution is -2.37. The fourth-order valence-corrected chi connectivity index (χ4v) is 2.88. The Morgan fingerprint density at radius 1 is 1.25 bits per heavy atom. The Balaban J connectivity index is 1.49. The Morgan fingerprint density at radius 2 is 2.07 bits per heavy atom. The minimum Gasteiger partial charge on any atom is -0.360 e. The molecule has 3 heterocycles. The second kappa shape index (κ2) is 7.10. The molecule has 3 aromatic rings. The van der Waals surface area contributed by atoms with Crippen LogP contribution in [-0.4, -0.2) is 45.1 Å². The van der Waals surface area contributed by atoms with Gasteiger partial charge in [0.25, 0.3) is 0 Å². The van der Waals surface area contributed by atoms with Gasteiger partial charge < -0.3 is 15.6 Å². The lowest BCUT2D eigenvalue weighted by atomic mass is 10.1. The monoisotopic (exact) mass is 390 g/mol. The number of hydrogen-bond donors (Lipinski definition) is 3. The van der Waals surface area contributed by atoms with Crippen molar-refractivity contribution in [2.45, 2.75) is 24.9 Å². The number of H-pyrrole nitrogens is 1. The average molecular weight is 390 g/mol. The molecule has 0 atom stereocenters. The Labute approximate surface area is 157 Å². The lowest BCUT2D eigenvalue weighted by molar-refractivity contribution is -0.137. The highest BCUT2D eigenvalue weighted by Gasteiger charge is 2.27. The largest absolute Gasteiger partial charge is 0.405 e. The molecule has 1 fully saturated rings. The van der Waals surface area contributed by atoms with E-state index in [4.69, 9.17) is 0 Å². The first-order valence-electron chi connectivity index (χ1n) is 8.76. The molecule has 146 valence electrons. The molecule has 1 amide bonds. The Morgan fingerprint density at radius 3 is 2.82 bits per heavy atom. The molecule has 1 aliphatic rings. The SMILES string of the molecule is O=C(CNc1cncc(-c2c[nH]c3ncc(C4CC4)cc23)n1)NCC(F)(F)F. The summed E-state index contributed by atoms with van der Waals surface area (Å²) in [7, 11) is 0. The van der Waals surface area contributed by atoms with Crippen molar-refractivity contribution in [1.29, 1.82) is 0 Å². The maximum absolute atomic E-state index is 12.1. The van der Waals surface area contributed by atoms with E-state index in [-0.39, 0.29) is 6.54 Å². The van der Waals surface area contributed by atoms with E-state index < -0.39 is 18.6 Å². The summed E-state index contributed by atoms with van der Waals surface area (Å²) in [5, 5.41) is 5.42. The van der Waals surface area contributed by atoms with Crippen LogP contribution in [0.4, 0.5) is 19.0 Å². The molecule has 0 bridgehead atoms. The van der Waals surface area contributed by atoms with Crippen LogP contribution in [-0.2, 0) is 4.79 Å². The van der Waals surface area contributed by atoms with E-state index in [0.29, 0.717) is 17.4 Å². The highest BCUT2D eigenvalue weighted by molar-refractivity contribution is 5.93. The molecule has 28 heavy (non-hydrogen) atoms. The molecule has 1 saturated carbocycles. The van der Waals surface area contributed by atoms with Crippen LogP contribution in [0.15, 0.2) is 30.9 Å². The fourth-order valence-electron chi connectivity index (χ4n) is 2.88. The summed E-state index contributed by atoms with van der Waals surface area (Å²) in [6, 6.07) is 2.10. The molecule has 0 saturated heterocycles. The molecule has 4 rings (SSSR count). The molecule has 0 unspecified atom stereocenters. The van der Waals surface area contributed by atoms with Crippen molar-refractivity contribution in [3.63, 3.8) is 0 Å². The summed E-state index contributed by atoms with van der Waals surface area (Å²) < 4.78 is 36.4. The fraction of sp³-hybridized carbons (Fsp3) is 0.333. The van der Waals surface area contributed by atoms with Crippen molar-refractivity contribution >= 4 is 22.8 Å². The van der Waals surface area contributed by atoms with Crippen LogP contribution in [0.5, 0.6) is 0 Å². The van der Waals surface area contributed by atoms with Crippen LogP contribution in [0.3, 0.4) is 0 Å². The third-order valence-electron chi connectivity index (χ3n) is 4.43. The number of fused-ring (bicyclic) bond motifs is 1. The number of alkyl halides is 3. The minimum atomic E-state index is -4.45. The zero-order valence-electron chi connectivity index (χ0n) is 14.7. The van der Waals surface area contributed by atoms with Gasteiger partial charge in [-0.3, -0.25) is 9.78 Å². The van der Waals surface area contributed by atoms with E-state index >= 15 is 0 Å². The molecule has 0 spiro atoms. The van der Waals surface area contributed by atoms with Crippen molar-refractivity contribution < 1.29 is 18.0 Å². The first kappa shape index (κ1) is 18.2. The molecule has 7 nitrogen and oxygen atoms in total. The van der Waals surface area contributed by atoms with Crippen LogP contribution in [0.1, 0.15) is 24.3 Å². The third kappa shape index (κ3) is 4.21. The van der Waals surface area contributed by atoms with Crippen molar-refractivity contribution in [1.82, 2.24) is 25.3 Å². The summed E-state index contributed by atoms with van der Waals surface area (Å²) in [6.45, 7) is -1.71. The van der Waals surface area contributed by atoms with Gasteiger partial charge in [-0.05, 0) is 30.4 Å². The summed E-state index contributed by atoms with van der Waals surface area (Å²) >= 11 is 0. The molecule has 0 aromatic carbocycles. The number of carbonyl (C=O) groups is 1. The number of amides is 1. The van der Waals surface area contributed by atoms with Crippen LogP contribution in [0.25, 0.3) is 22.3 Å². The summed E-state index contributed by atoms with van der Waals surface area (Å²) in [5.41, 5.74) is 3.33. The maximum Gasteiger partial charge on any atom is 0.405 e. The molecule has 10 heteroatoms. The van der Waals surface area contributed by atoms with E-state index in [1.165, 1.54) is 24.6 Å². The maximum atomic E-state index is 12.1. The number of hydrogen-bond acceptors (Lipinski definition) is 5. The van der Waals surface area contributed by atoms with Crippen molar-refractivity contribution in [2.24, 2.45) is 0 Å². The van der Waals surface area contributed by atoms with Gasteiger partial charge in [-0.25, -0.2) is 9.97 Å². The van der Waals surface area contributed by atoms with Gasteiger partial charge in [-0.15, -0.1) is 0 Å². The number of carbonyl (C=O) groups excluding carboxylic acids is 1. The van der Waals surface area contributed by atoms with Gasteiger partial charge in [0.15, 0.2) is 0 Å². The number of anilines is 1. The molecular formula is C18H17F3N6O. The Bertz CT molecular complexity index is 1010. The number of aromatic nitrogens is 4. The lowest BCUT2D eigenvalue weighted by Gasteiger charge is -2.09. The van der Waals surface area contributed by atoms with Crippen LogP contribution in [0, 0.1) is 0 Å². The number of halogens is 3. The van der Waals surface area contributed by atoms with Gasteiger partial charge in [0.1, 0.15) is 18.0 Å². The van der Waals surface area contributed by atoms with Gasteiger partial charge in [-0.2, -0.15) is 13.2 Å². The van der Waals surface area contributed by atoms with Crippen molar-refractivity contribution in [2.75, 3.05) is 18.4 Å². The van der Waals surface area contributed by atoms with Crippen molar-refractivity contribution in [3.05, 3.63) is 36.4 Å². The second-order valence-corrected chi connectivity index (χ2v) is 6.68. The minimum absolute atomic E-state index is 0.292. The number of nitrogens with one attached hydrogen (secondary N) is 3. The average Bonchev–Trinajstić information content (AvgIpc) is 3.43. The zero-order chi connectivity index (χ0) is 19.7. The second-order valence-electron chi connectivity index (χ2n) is 6.68. The molecular weight excluding hydrogens is 373 g/mol. The number of nitrogens with zero attached hydrogens (tertiary/aromatic N) is 3. The Hall–Kier alpha value is -3.17. The van der Waals surface area contributed by atoms with Gasteiger partial charge in [0.2, 0.25) is 5.91 Å². The number of pyridine rings is 1. The van der Waals surface area contributed by atoms with E-state index in [9.17, 15) is 18.0 Å². The van der Waals surface area contributed by atoms with Crippen LogP contribution in [0.2, 0.25) is 0 Å². The standard InChI is InChI=1S/C18H17F3N6O/c19-18(20,21)9-26-16(28)8-23-15-7-22-6-14(27-15)13-5-25-17-12(13)3-11(4-24-17)10-1-2-10/h3-7,10H,1-2,8-9H2,(H,23,27)(H,24,25)(H,26,28). The first-order valence-corrected chi connectivity index (χ1v) is 8.76. The predicted octanol–water partition coefficient (Wildman–Crippen LogP) is 2.99. The summed E-state index contributed by atoms with van der Waals surface area (Å²) in [4.78, 5) is 27.6. The number of aromatic amines is 1. The van der Waals surface area contributed by atoms with E-state index in [1.54, 1.807) is 17.7 Å². The highest BCUT2D eigenvalue weighted by Crippen LogP contribution is 2.41.